The fourth-order valence-electron chi connectivity index (χ4n) is 2.46. The van der Waals surface area contributed by atoms with Crippen LogP contribution in [0.1, 0.15) is 6.92 Å². The van der Waals surface area contributed by atoms with E-state index in [1.54, 1.807) is 12.1 Å². The number of rotatable bonds is 7. The molecule has 11 heteroatoms. The quantitative estimate of drug-likeness (QED) is 0.511. The van der Waals surface area contributed by atoms with Crippen LogP contribution in [0.4, 0.5) is 17.2 Å². The Morgan fingerprint density at radius 2 is 1.27 bits per heavy atom. The van der Waals surface area contributed by atoms with E-state index in [-0.39, 0.29) is 27.2 Å². The number of anilines is 3. The monoisotopic (exact) mass is 446 g/mol. The molecule has 0 saturated carbocycles. The van der Waals surface area contributed by atoms with E-state index in [4.69, 9.17) is 0 Å². The van der Waals surface area contributed by atoms with Crippen molar-refractivity contribution in [2.75, 3.05) is 14.8 Å². The molecule has 0 aliphatic carbocycles. The van der Waals surface area contributed by atoms with Gasteiger partial charge in [0.25, 0.3) is 20.0 Å². The summed E-state index contributed by atoms with van der Waals surface area (Å²) < 4.78 is 54.6. The summed E-state index contributed by atoms with van der Waals surface area (Å²) in [4.78, 5) is 14.9. The maximum atomic E-state index is 12.5. The Kier molecular flexibility index (Phi) is 6.04. The highest BCUT2D eigenvalue weighted by Crippen LogP contribution is 2.21. The summed E-state index contributed by atoms with van der Waals surface area (Å²) in [5.74, 6) is -0.0960. The number of pyridine rings is 1. The maximum absolute atomic E-state index is 12.5. The highest BCUT2D eigenvalue weighted by molar-refractivity contribution is 7.93. The fourth-order valence-corrected chi connectivity index (χ4v) is 4.52. The Bertz CT molecular complexity index is 1240. The molecule has 0 bridgehead atoms. The lowest BCUT2D eigenvalue weighted by molar-refractivity contribution is -0.114. The molecule has 3 rings (SSSR count). The smallest absolute Gasteiger partial charge is 0.263 e. The van der Waals surface area contributed by atoms with Gasteiger partial charge in [-0.25, -0.2) is 21.8 Å². The topological polar surface area (TPSA) is 134 Å². The predicted molar refractivity (Wildman–Crippen MR) is 113 cm³/mol. The van der Waals surface area contributed by atoms with Crippen molar-refractivity contribution in [3.8, 4) is 0 Å². The third-order valence-electron chi connectivity index (χ3n) is 3.81. The molecule has 1 heterocycles. The number of amides is 1. The normalized spacial score (nSPS) is 11.5. The average Bonchev–Trinajstić information content (AvgIpc) is 2.68. The van der Waals surface area contributed by atoms with Gasteiger partial charge < -0.3 is 5.32 Å². The molecule has 0 aliphatic rings. The summed E-state index contributed by atoms with van der Waals surface area (Å²) in [6, 6.07) is 15.7. The van der Waals surface area contributed by atoms with Gasteiger partial charge in [-0.3, -0.25) is 14.2 Å². The van der Waals surface area contributed by atoms with Crippen LogP contribution in [0.3, 0.4) is 0 Å². The van der Waals surface area contributed by atoms with Crippen LogP contribution in [0.2, 0.25) is 0 Å². The van der Waals surface area contributed by atoms with Crippen molar-refractivity contribution in [3.05, 3.63) is 72.9 Å². The predicted octanol–water partition coefficient (Wildman–Crippen LogP) is 2.64. The van der Waals surface area contributed by atoms with Gasteiger partial charge in [0.15, 0.2) is 0 Å². The van der Waals surface area contributed by atoms with Crippen molar-refractivity contribution >= 4 is 43.1 Å². The maximum Gasteiger partial charge on any atom is 0.263 e. The van der Waals surface area contributed by atoms with E-state index in [0.29, 0.717) is 5.69 Å². The van der Waals surface area contributed by atoms with Crippen LogP contribution in [-0.4, -0.2) is 27.7 Å². The molecule has 30 heavy (non-hydrogen) atoms. The van der Waals surface area contributed by atoms with Crippen molar-refractivity contribution in [1.82, 2.24) is 4.98 Å². The van der Waals surface area contributed by atoms with Crippen molar-refractivity contribution in [2.24, 2.45) is 0 Å². The molecule has 9 nitrogen and oxygen atoms in total. The van der Waals surface area contributed by atoms with Gasteiger partial charge in [0.05, 0.1) is 9.79 Å². The minimum absolute atomic E-state index is 0.00915. The minimum Gasteiger partial charge on any atom is -0.326 e. The summed E-state index contributed by atoms with van der Waals surface area (Å²) >= 11 is 0. The Balaban J connectivity index is 1.73. The zero-order valence-electron chi connectivity index (χ0n) is 15.7. The van der Waals surface area contributed by atoms with Crippen LogP contribution in [0.25, 0.3) is 0 Å². The van der Waals surface area contributed by atoms with E-state index in [2.05, 4.69) is 19.7 Å². The molecule has 3 N–H and O–H groups in total. The number of hydrogen-bond donors (Lipinski definition) is 3. The standard InChI is InChI=1S/C19H18N4O5S2/c1-14(24)21-15-5-9-17(10-6-15)29(25,26)22-16-7-11-18(12-8-16)30(27,28)23-19-4-2-3-13-20-19/h2-13,22H,1H3,(H,20,23)(H,21,24). The van der Waals surface area contributed by atoms with E-state index in [1.807, 2.05) is 0 Å². The molecule has 1 amide bonds. The Morgan fingerprint density at radius 1 is 0.733 bits per heavy atom. The summed E-state index contributed by atoms with van der Waals surface area (Å²) in [5.41, 5.74) is 0.661. The molecule has 156 valence electrons. The first kappa shape index (κ1) is 21.3. The fraction of sp³-hybridized carbons (Fsp3) is 0.0526. The summed E-state index contributed by atoms with van der Waals surface area (Å²) in [6.45, 7) is 1.35. The Labute approximate surface area is 174 Å². The van der Waals surface area contributed by atoms with E-state index >= 15 is 0 Å². The van der Waals surface area contributed by atoms with Crippen molar-refractivity contribution in [2.45, 2.75) is 16.7 Å². The summed E-state index contributed by atoms with van der Waals surface area (Å²) in [6.07, 6.45) is 1.46. The summed E-state index contributed by atoms with van der Waals surface area (Å²) in [5, 5.41) is 2.55. The first-order valence-electron chi connectivity index (χ1n) is 8.60. The van der Waals surface area contributed by atoms with Crippen LogP contribution in [0.5, 0.6) is 0 Å². The van der Waals surface area contributed by atoms with E-state index < -0.39 is 20.0 Å². The van der Waals surface area contributed by atoms with E-state index in [1.165, 1.54) is 67.7 Å². The molecule has 0 unspecified atom stereocenters. The molecule has 0 radical (unpaired) electrons. The molecule has 0 aliphatic heterocycles. The lowest BCUT2D eigenvalue weighted by Crippen LogP contribution is -2.15. The lowest BCUT2D eigenvalue weighted by Gasteiger charge is -2.11. The Morgan fingerprint density at radius 3 is 1.77 bits per heavy atom. The van der Waals surface area contributed by atoms with Crippen LogP contribution in [-0.2, 0) is 24.8 Å². The van der Waals surface area contributed by atoms with Gasteiger partial charge in [-0.15, -0.1) is 0 Å². The molecular weight excluding hydrogens is 428 g/mol. The molecule has 0 atom stereocenters. The lowest BCUT2D eigenvalue weighted by atomic mass is 10.3. The largest absolute Gasteiger partial charge is 0.326 e. The van der Waals surface area contributed by atoms with Gasteiger partial charge in [-0.05, 0) is 60.7 Å². The molecule has 2 aromatic carbocycles. The van der Waals surface area contributed by atoms with Crippen molar-refractivity contribution < 1.29 is 21.6 Å². The second-order valence-electron chi connectivity index (χ2n) is 6.16. The number of nitrogens with zero attached hydrogens (tertiary/aromatic N) is 1. The van der Waals surface area contributed by atoms with Gasteiger partial charge in [-0.1, -0.05) is 6.07 Å². The highest BCUT2D eigenvalue weighted by Gasteiger charge is 2.17. The van der Waals surface area contributed by atoms with Gasteiger partial charge in [-0.2, -0.15) is 0 Å². The minimum atomic E-state index is -3.89. The molecule has 1 aromatic heterocycles. The van der Waals surface area contributed by atoms with Gasteiger partial charge in [0.2, 0.25) is 5.91 Å². The number of carbonyl (C=O) groups excluding carboxylic acids is 1. The average molecular weight is 447 g/mol. The van der Waals surface area contributed by atoms with Gasteiger partial charge in [0, 0.05) is 24.5 Å². The molecule has 0 spiro atoms. The SMILES string of the molecule is CC(=O)Nc1ccc(S(=O)(=O)Nc2ccc(S(=O)(=O)Nc3ccccn3)cc2)cc1. The first-order chi connectivity index (χ1) is 14.2. The number of nitrogens with one attached hydrogen (secondary N) is 3. The molecule has 0 fully saturated rings. The molecular formula is C19H18N4O5S2. The van der Waals surface area contributed by atoms with E-state index in [9.17, 15) is 21.6 Å². The van der Waals surface area contributed by atoms with Crippen LogP contribution in [0, 0.1) is 0 Å². The first-order valence-corrected chi connectivity index (χ1v) is 11.6. The third-order valence-corrected chi connectivity index (χ3v) is 6.57. The number of benzene rings is 2. The number of sulfonamides is 2. The van der Waals surface area contributed by atoms with Crippen LogP contribution in [0.15, 0.2) is 82.7 Å². The molecule has 0 saturated heterocycles. The number of carbonyl (C=O) groups is 1. The van der Waals surface area contributed by atoms with Gasteiger partial charge in [0.1, 0.15) is 5.82 Å². The third kappa shape index (κ3) is 5.33. The zero-order valence-corrected chi connectivity index (χ0v) is 17.4. The zero-order chi connectivity index (χ0) is 21.8. The van der Waals surface area contributed by atoms with E-state index in [0.717, 1.165) is 0 Å². The molecule has 3 aromatic rings. The number of hydrogen-bond acceptors (Lipinski definition) is 6. The summed E-state index contributed by atoms with van der Waals surface area (Å²) in [7, 11) is -7.76. The van der Waals surface area contributed by atoms with Gasteiger partial charge >= 0.3 is 0 Å². The number of aromatic nitrogens is 1. The van der Waals surface area contributed by atoms with Crippen molar-refractivity contribution in [3.63, 3.8) is 0 Å². The Hall–Kier alpha value is -3.44. The second kappa shape index (κ2) is 8.51. The van der Waals surface area contributed by atoms with Crippen molar-refractivity contribution in [1.29, 1.82) is 0 Å². The van der Waals surface area contributed by atoms with Crippen LogP contribution < -0.4 is 14.8 Å². The van der Waals surface area contributed by atoms with Crippen LogP contribution >= 0.6 is 0 Å². The second-order valence-corrected chi connectivity index (χ2v) is 9.52. The highest BCUT2D eigenvalue weighted by atomic mass is 32.2.